The fraction of sp³-hybridized carbons (Fsp3) is 0.250. The highest BCUT2D eigenvalue weighted by Crippen LogP contribution is 1.87. The maximum atomic E-state index is 3.91. The quantitative estimate of drug-likeness (QED) is 0.531. The molecule has 0 bridgehead atoms. The lowest BCUT2D eigenvalue weighted by atomic mass is 10.4. The van der Waals surface area contributed by atoms with Crippen molar-refractivity contribution in [2.75, 3.05) is 0 Å². The van der Waals surface area contributed by atoms with E-state index in [9.17, 15) is 0 Å². The van der Waals surface area contributed by atoms with Gasteiger partial charge < -0.3 is 0 Å². The van der Waals surface area contributed by atoms with Gasteiger partial charge in [0.15, 0.2) is 0 Å². The van der Waals surface area contributed by atoms with E-state index in [-0.39, 0.29) is 0 Å². The molecule has 0 radical (unpaired) electrons. The van der Waals surface area contributed by atoms with Crippen LogP contribution in [0.2, 0.25) is 0 Å². The molecule has 0 aliphatic carbocycles. The van der Waals surface area contributed by atoms with Gasteiger partial charge in [-0.15, -0.1) is 0 Å². The maximum Gasteiger partial charge on any atom is 0.0312 e. The van der Waals surface area contributed by atoms with Crippen molar-refractivity contribution in [2.45, 2.75) is 13.8 Å². The molecule has 0 amide bonds. The summed E-state index contributed by atoms with van der Waals surface area (Å²) in [6.07, 6.45) is 6.67. The number of hydrogen-bond acceptors (Lipinski definition) is 2. The van der Waals surface area contributed by atoms with Crippen LogP contribution in [0.5, 0.6) is 0 Å². The second-order valence-electron chi connectivity index (χ2n) is 1.74. The lowest BCUT2D eigenvalue weighted by Crippen LogP contribution is -1.73. The summed E-state index contributed by atoms with van der Waals surface area (Å²) in [7, 11) is 0. The first kappa shape index (κ1) is 8.82. The van der Waals surface area contributed by atoms with Gasteiger partial charge >= 0.3 is 0 Å². The summed E-state index contributed by atoms with van der Waals surface area (Å²) >= 11 is 0. The molecule has 0 N–H and O–H groups in total. The van der Waals surface area contributed by atoms with E-state index in [1.54, 1.807) is 18.6 Å². The van der Waals surface area contributed by atoms with Crippen molar-refractivity contribution in [1.29, 1.82) is 0 Å². The first-order chi connectivity index (χ1) is 4.81. The van der Waals surface area contributed by atoms with E-state index in [2.05, 4.69) is 16.6 Å². The summed E-state index contributed by atoms with van der Waals surface area (Å²) in [6.45, 7) is 7.25. The zero-order valence-corrected chi connectivity index (χ0v) is 6.41. The third-order valence-corrected chi connectivity index (χ3v) is 0.811. The second-order valence-corrected chi connectivity index (χ2v) is 1.74. The lowest BCUT2D eigenvalue weighted by molar-refractivity contribution is 1.46. The second kappa shape index (κ2) is 5.95. The highest BCUT2D eigenvalue weighted by Gasteiger charge is 1.75. The largest absolute Gasteiger partial charge is 0.269 e. The van der Waals surface area contributed by atoms with Gasteiger partial charge in [0.05, 0.1) is 0 Å². The van der Waals surface area contributed by atoms with Gasteiger partial charge in [-0.1, -0.05) is 6.58 Å². The molecule has 54 valence electrons. The molecule has 0 aliphatic heterocycles. The molecule has 0 unspecified atom stereocenters. The molecule has 0 saturated heterocycles. The topological polar surface area (TPSA) is 24.7 Å². The van der Waals surface area contributed by atoms with E-state index in [0.29, 0.717) is 0 Å². The zero-order valence-electron chi connectivity index (χ0n) is 6.41. The maximum absolute atomic E-state index is 3.91. The number of allylic oxidation sites excluding steroid dienone is 1. The molecule has 0 aromatic heterocycles. The van der Waals surface area contributed by atoms with E-state index in [1.165, 1.54) is 6.20 Å². The highest BCUT2D eigenvalue weighted by atomic mass is 14.7. The minimum atomic E-state index is 1.01. The predicted molar refractivity (Wildman–Crippen MR) is 46.6 cm³/mol. The first-order valence-corrected chi connectivity index (χ1v) is 3.10. The van der Waals surface area contributed by atoms with Crippen LogP contribution in [-0.4, -0.2) is 12.4 Å². The Balaban J connectivity index is 3.93. The smallest absolute Gasteiger partial charge is 0.0312 e. The van der Waals surface area contributed by atoms with Crippen molar-refractivity contribution < 1.29 is 0 Å². The fourth-order valence-corrected chi connectivity index (χ4v) is 0.396. The van der Waals surface area contributed by atoms with Gasteiger partial charge in [-0.25, -0.2) is 0 Å². The van der Waals surface area contributed by atoms with Crippen LogP contribution in [-0.2, 0) is 0 Å². The van der Waals surface area contributed by atoms with Gasteiger partial charge in [-0.2, -0.15) is 0 Å². The van der Waals surface area contributed by atoms with Gasteiger partial charge in [-0.05, 0) is 19.4 Å². The molecule has 0 heterocycles. The van der Waals surface area contributed by atoms with E-state index in [0.717, 1.165) is 5.57 Å². The Hall–Kier alpha value is -1.18. The third-order valence-electron chi connectivity index (χ3n) is 0.811. The van der Waals surface area contributed by atoms with Crippen molar-refractivity contribution in [3.63, 3.8) is 0 Å². The number of rotatable bonds is 3. The van der Waals surface area contributed by atoms with Gasteiger partial charge in [0, 0.05) is 24.8 Å². The van der Waals surface area contributed by atoms with E-state index < -0.39 is 0 Å². The van der Waals surface area contributed by atoms with Crippen molar-refractivity contribution >= 4 is 12.4 Å². The van der Waals surface area contributed by atoms with E-state index in [4.69, 9.17) is 0 Å². The number of aliphatic imine (C=N–C) groups is 2. The third kappa shape index (κ3) is 4.97. The van der Waals surface area contributed by atoms with E-state index >= 15 is 0 Å². The van der Waals surface area contributed by atoms with Crippen LogP contribution >= 0.6 is 0 Å². The minimum absolute atomic E-state index is 1.01. The molecule has 2 nitrogen and oxygen atoms in total. The molecule has 10 heavy (non-hydrogen) atoms. The van der Waals surface area contributed by atoms with Gasteiger partial charge in [0.25, 0.3) is 0 Å². The molecular weight excluding hydrogens is 124 g/mol. The summed E-state index contributed by atoms with van der Waals surface area (Å²) in [5.41, 5.74) is 1.01. The summed E-state index contributed by atoms with van der Waals surface area (Å²) in [5.74, 6) is 0. The van der Waals surface area contributed by atoms with Gasteiger partial charge in [0.2, 0.25) is 0 Å². The Morgan fingerprint density at radius 2 is 2.10 bits per heavy atom. The SMILES string of the molecule is C=CN=C/C(C)=C\N=CC. The van der Waals surface area contributed by atoms with Crippen molar-refractivity contribution in [3.8, 4) is 0 Å². The van der Waals surface area contributed by atoms with E-state index in [1.807, 2.05) is 13.8 Å². The van der Waals surface area contributed by atoms with Gasteiger partial charge in [0.1, 0.15) is 0 Å². The van der Waals surface area contributed by atoms with Crippen LogP contribution in [0, 0.1) is 0 Å². The number of hydrogen-bond donors (Lipinski definition) is 0. The molecule has 0 fully saturated rings. The van der Waals surface area contributed by atoms with Crippen molar-refractivity contribution in [3.05, 3.63) is 24.6 Å². The highest BCUT2D eigenvalue weighted by molar-refractivity contribution is 5.78. The monoisotopic (exact) mass is 136 g/mol. The molecule has 0 rings (SSSR count). The summed E-state index contributed by atoms with van der Waals surface area (Å²) in [4.78, 5) is 7.73. The Morgan fingerprint density at radius 3 is 2.60 bits per heavy atom. The molecule has 0 aliphatic rings. The van der Waals surface area contributed by atoms with Crippen molar-refractivity contribution in [2.24, 2.45) is 9.98 Å². The molecule has 2 heteroatoms. The Bertz CT molecular complexity index is 176. The van der Waals surface area contributed by atoms with Crippen LogP contribution in [0.1, 0.15) is 13.8 Å². The fourth-order valence-electron chi connectivity index (χ4n) is 0.396. The van der Waals surface area contributed by atoms with Crippen LogP contribution in [0.4, 0.5) is 0 Å². The summed E-state index contributed by atoms with van der Waals surface area (Å²) in [5, 5.41) is 0. The summed E-state index contributed by atoms with van der Waals surface area (Å²) in [6, 6.07) is 0. The first-order valence-electron chi connectivity index (χ1n) is 3.10. The predicted octanol–water partition coefficient (Wildman–Crippen LogP) is 2.20. The molecule has 0 saturated carbocycles. The van der Waals surface area contributed by atoms with Crippen LogP contribution < -0.4 is 0 Å². The van der Waals surface area contributed by atoms with Crippen LogP contribution in [0.3, 0.4) is 0 Å². The molecule has 0 aromatic rings. The average Bonchev–Trinajstić information content (AvgIpc) is 1.97. The molecular formula is C8H12N2. The number of nitrogens with zero attached hydrogens (tertiary/aromatic N) is 2. The lowest BCUT2D eigenvalue weighted by Gasteiger charge is -1.83. The van der Waals surface area contributed by atoms with Crippen molar-refractivity contribution in [1.82, 2.24) is 0 Å². The molecule has 0 aromatic carbocycles. The Kier molecular flexibility index (Phi) is 5.25. The molecule has 0 spiro atoms. The Morgan fingerprint density at radius 1 is 1.40 bits per heavy atom. The molecule has 0 atom stereocenters. The average molecular weight is 136 g/mol. The van der Waals surface area contributed by atoms with Crippen LogP contribution in [0.15, 0.2) is 34.5 Å². The van der Waals surface area contributed by atoms with Gasteiger partial charge in [-0.3, -0.25) is 9.98 Å². The standard InChI is InChI=1S/C8H12N2/c1-4-9-6-8(3)7-10-5-2/h4-7H,1H2,2-3H3/b8-7-,9-6?,10-5?. The Labute approximate surface area is 61.7 Å². The van der Waals surface area contributed by atoms with Crippen LogP contribution in [0.25, 0.3) is 0 Å². The minimum Gasteiger partial charge on any atom is -0.269 e. The zero-order chi connectivity index (χ0) is 7.82. The summed E-state index contributed by atoms with van der Waals surface area (Å²) < 4.78 is 0. The normalized spacial score (nSPS) is 13.2.